The van der Waals surface area contributed by atoms with Crippen molar-refractivity contribution in [1.82, 2.24) is 4.57 Å². The average Bonchev–Trinajstić information content (AvgIpc) is 3.01. The summed E-state index contributed by atoms with van der Waals surface area (Å²) >= 11 is 12.4. The SMILES string of the molecule is Cc1ccc(NCc2cn(Cc3ccc(Cl)cc3Cl)c3ccccc23)cc1. The lowest BCUT2D eigenvalue weighted by molar-refractivity contribution is 0.831. The van der Waals surface area contributed by atoms with E-state index in [-0.39, 0.29) is 0 Å². The second-order valence-electron chi connectivity index (χ2n) is 6.75. The number of hydrogen-bond donors (Lipinski definition) is 1. The quantitative estimate of drug-likeness (QED) is 0.388. The molecule has 0 saturated heterocycles. The van der Waals surface area contributed by atoms with Gasteiger partial charge in [-0.05, 0) is 48.4 Å². The number of para-hydroxylation sites is 1. The van der Waals surface area contributed by atoms with Gasteiger partial charge in [0.2, 0.25) is 0 Å². The van der Waals surface area contributed by atoms with Crippen molar-refractivity contribution in [3.8, 4) is 0 Å². The molecule has 3 aromatic carbocycles. The zero-order valence-electron chi connectivity index (χ0n) is 15.0. The van der Waals surface area contributed by atoms with Crippen LogP contribution in [-0.4, -0.2) is 4.57 Å². The number of nitrogens with one attached hydrogen (secondary N) is 1. The third-order valence-electron chi connectivity index (χ3n) is 4.76. The Kier molecular flexibility index (Phi) is 5.11. The number of benzene rings is 3. The third-order valence-corrected chi connectivity index (χ3v) is 5.35. The Morgan fingerprint density at radius 3 is 2.44 bits per heavy atom. The van der Waals surface area contributed by atoms with Crippen molar-refractivity contribution in [3.05, 3.63) is 99.7 Å². The molecule has 4 rings (SSSR count). The van der Waals surface area contributed by atoms with Gasteiger partial charge in [0.15, 0.2) is 0 Å². The van der Waals surface area contributed by atoms with Crippen LogP contribution in [0.4, 0.5) is 5.69 Å². The molecule has 0 aliphatic heterocycles. The van der Waals surface area contributed by atoms with Crippen LogP contribution in [0.5, 0.6) is 0 Å². The standard InChI is InChI=1S/C23H20Cl2N2/c1-16-6-10-20(11-7-16)26-13-18-15-27(23-5-3-2-4-21(18)23)14-17-8-9-19(24)12-22(17)25/h2-12,15,26H,13-14H2,1H3. The summed E-state index contributed by atoms with van der Waals surface area (Å²) in [5.74, 6) is 0. The number of hydrogen-bond acceptors (Lipinski definition) is 1. The molecular weight excluding hydrogens is 375 g/mol. The van der Waals surface area contributed by atoms with E-state index in [1.54, 1.807) is 6.07 Å². The van der Waals surface area contributed by atoms with Crippen LogP contribution in [0.25, 0.3) is 10.9 Å². The number of anilines is 1. The van der Waals surface area contributed by atoms with Crippen molar-refractivity contribution in [1.29, 1.82) is 0 Å². The molecule has 0 radical (unpaired) electrons. The van der Waals surface area contributed by atoms with Crippen LogP contribution in [0.15, 0.2) is 72.9 Å². The summed E-state index contributed by atoms with van der Waals surface area (Å²) in [6.07, 6.45) is 2.21. The van der Waals surface area contributed by atoms with Gasteiger partial charge in [0.1, 0.15) is 0 Å². The van der Waals surface area contributed by atoms with Gasteiger partial charge in [-0.15, -0.1) is 0 Å². The third kappa shape index (κ3) is 3.97. The zero-order valence-corrected chi connectivity index (χ0v) is 16.6. The van der Waals surface area contributed by atoms with Crippen molar-refractivity contribution in [2.45, 2.75) is 20.0 Å². The lowest BCUT2D eigenvalue weighted by Crippen LogP contribution is -2.00. The number of aryl methyl sites for hydroxylation is 1. The van der Waals surface area contributed by atoms with Crippen LogP contribution in [0.3, 0.4) is 0 Å². The van der Waals surface area contributed by atoms with Gasteiger partial charge in [0.25, 0.3) is 0 Å². The molecule has 27 heavy (non-hydrogen) atoms. The van der Waals surface area contributed by atoms with Crippen molar-refractivity contribution in [3.63, 3.8) is 0 Å². The largest absolute Gasteiger partial charge is 0.381 e. The lowest BCUT2D eigenvalue weighted by atomic mass is 10.1. The van der Waals surface area contributed by atoms with E-state index in [1.165, 1.54) is 22.0 Å². The van der Waals surface area contributed by atoms with Gasteiger partial charge >= 0.3 is 0 Å². The number of halogens is 2. The second kappa shape index (κ2) is 7.67. The summed E-state index contributed by atoms with van der Waals surface area (Å²) in [6, 6.07) is 22.6. The fraction of sp³-hybridized carbons (Fsp3) is 0.130. The van der Waals surface area contributed by atoms with E-state index in [2.05, 4.69) is 71.5 Å². The maximum absolute atomic E-state index is 6.38. The lowest BCUT2D eigenvalue weighted by Gasteiger charge is -2.08. The molecule has 0 spiro atoms. The Bertz CT molecular complexity index is 1080. The molecule has 4 heteroatoms. The molecule has 1 N–H and O–H groups in total. The summed E-state index contributed by atoms with van der Waals surface area (Å²) in [6.45, 7) is 3.57. The summed E-state index contributed by atoms with van der Waals surface area (Å²) in [4.78, 5) is 0. The normalized spacial score (nSPS) is 11.1. The minimum atomic E-state index is 0.657. The molecule has 0 saturated carbocycles. The highest BCUT2D eigenvalue weighted by Gasteiger charge is 2.10. The molecule has 0 atom stereocenters. The Hall–Kier alpha value is -2.42. The highest BCUT2D eigenvalue weighted by Crippen LogP contribution is 2.26. The fourth-order valence-corrected chi connectivity index (χ4v) is 3.76. The molecule has 136 valence electrons. The Balaban J connectivity index is 1.63. The first-order valence-electron chi connectivity index (χ1n) is 8.91. The fourth-order valence-electron chi connectivity index (χ4n) is 3.30. The van der Waals surface area contributed by atoms with Crippen LogP contribution in [0, 0.1) is 6.92 Å². The van der Waals surface area contributed by atoms with Crippen LogP contribution in [0.2, 0.25) is 10.0 Å². The van der Waals surface area contributed by atoms with Gasteiger partial charge in [-0.1, -0.05) is 65.2 Å². The first kappa shape index (κ1) is 18.0. The van der Waals surface area contributed by atoms with Crippen LogP contribution in [-0.2, 0) is 13.1 Å². The summed E-state index contributed by atoms with van der Waals surface area (Å²) < 4.78 is 2.25. The molecule has 0 aliphatic rings. The average molecular weight is 395 g/mol. The Labute approximate surface area is 169 Å². The summed E-state index contributed by atoms with van der Waals surface area (Å²) in [7, 11) is 0. The number of nitrogens with zero attached hydrogens (tertiary/aromatic N) is 1. The summed E-state index contributed by atoms with van der Waals surface area (Å²) in [5.41, 5.74) is 5.90. The molecule has 0 amide bonds. The predicted octanol–water partition coefficient (Wildman–Crippen LogP) is 6.92. The number of rotatable bonds is 5. The maximum atomic E-state index is 6.38. The molecule has 0 unspecified atom stereocenters. The molecule has 1 aromatic heterocycles. The highest BCUT2D eigenvalue weighted by molar-refractivity contribution is 6.35. The van der Waals surface area contributed by atoms with Crippen LogP contribution >= 0.6 is 23.2 Å². The van der Waals surface area contributed by atoms with E-state index in [0.717, 1.165) is 17.8 Å². The smallest absolute Gasteiger partial charge is 0.0491 e. The Morgan fingerprint density at radius 2 is 1.67 bits per heavy atom. The van der Waals surface area contributed by atoms with Gasteiger partial charge in [-0.2, -0.15) is 0 Å². The molecular formula is C23H20Cl2N2. The maximum Gasteiger partial charge on any atom is 0.0491 e. The molecule has 2 nitrogen and oxygen atoms in total. The van der Waals surface area contributed by atoms with Crippen molar-refractivity contribution in [2.24, 2.45) is 0 Å². The second-order valence-corrected chi connectivity index (χ2v) is 7.60. The molecule has 0 aliphatic carbocycles. The molecule has 0 fully saturated rings. The highest BCUT2D eigenvalue weighted by atomic mass is 35.5. The van der Waals surface area contributed by atoms with Crippen LogP contribution in [0.1, 0.15) is 16.7 Å². The Morgan fingerprint density at radius 1 is 0.889 bits per heavy atom. The van der Waals surface area contributed by atoms with Gasteiger partial charge in [0, 0.05) is 45.9 Å². The van der Waals surface area contributed by atoms with Gasteiger partial charge in [-0.25, -0.2) is 0 Å². The van der Waals surface area contributed by atoms with Crippen molar-refractivity contribution in [2.75, 3.05) is 5.32 Å². The predicted molar refractivity (Wildman–Crippen MR) is 116 cm³/mol. The zero-order chi connectivity index (χ0) is 18.8. The topological polar surface area (TPSA) is 17.0 Å². The van der Waals surface area contributed by atoms with Gasteiger partial charge in [-0.3, -0.25) is 0 Å². The van der Waals surface area contributed by atoms with E-state index in [1.807, 2.05) is 12.1 Å². The van der Waals surface area contributed by atoms with Gasteiger partial charge < -0.3 is 9.88 Å². The minimum absolute atomic E-state index is 0.657. The van der Waals surface area contributed by atoms with Gasteiger partial charge in [0.05, 0.1) is 0 Å². The van der Waals surface area contributed by atoms with Crippen molar-refractivity contribution < 1.29 is 0 Å². The molecule has 1 heterocycles. The summed E-state index contributed by atoms with van der Waals surface area (Å²) in [5, 5.41) is 6.12. The minimum Gasteiger partial charge on any atom is -0.381 e. The van der Waals surface area contributed by atoms with E-state index < -0.39 is 0 Å². The molecule has 4 aromatic rings. The number of fused-ring (bicyclic) bond motifs is 1. The van der Waals surface area contributed by atoms with Crippen molar-refractivity contribution >= 4 is 39.8 Å². The van der Waals surface area contributed by atoms with E-state index in [9.17, 15) is 0 Å². The first-order chi connectivity index (χ1) is 13.1. The first-order valence-corrected chi connectivity index (χ1v) is 9.67. The van der Waals surface area contributed by atoms with E-state index in [0.29, 0.717) is 16.6 Å². The molecule has 0 bridgehead atoms. The van der Waals surface area contributed by atoms with E-state index >= 15 is 0 Å². The van der Waals surface area contributed by atoms with E-state index in [4.69, 9.17) is 23.2 Å². The monoisotopic (exact) mass is 394 g/mol. The van der Waals surface area contributed by atoms with Crippen LogP contribution < -0.4 is 5.32 Å². The number of aromatic nitrogens is 1.